The fourth-order valence-electron chi connectivity index (χ4n) is 3.84. The summed E-state index contributed by atoms with van der Waals surface area (Å²) in [6.07, 6.45) is 4.86. The van der Waals surface area contributed by atoms with Crippen molar-refractivity contribution in [2.45, 2.75) is 49.7 Å². The fourth-order valence-corrected chi connectivity index (χ4v) is 3.84. The van der Waals surface area contributed by atoms with Crippen LogP contribution < -0.4 is 16.0 Å². The maximum Gasteiger partial charge on any atom is 0.153 e. The zero-order valence-electron chi connectivity index (χ0n) is 11.2. The normalized spacial score (nSPS) is 42.3. The van der Waals surface area contributed by atoms with Gasteiger partial charge in [-0.3, -0.25) is 4.79 Å². The molecular formula is C13H25N3O. The lowest BCUT2D eigenvalue weighted by atomic mass is 9.61. The van der Waals surface area contributed by atoms with E-state index in [0.29, 0.717) is 30.2 Å². The van der Waals surface area contributed by atoms with Gasteiger partial charge in [0.05, 0.1) is 5.54 Å². The molecular weight excluding hydrogens is 214 g/mol. The van der Waals surface area contributed by atoms with E-state index in [-0.39, 0.29) is 5.54 Å². The number of rotatable bonds is 3. The molecule has 0 spiro atoms. The summed E-state index contributed by atoms with van der Waals surface area (Å²) in [4.78, 5) is 12.3. The summed E-state index contributed by atoms with van der Waals surface area (Å²) >= 11 is 0. The van der Waals surface area contributed by atoms with E-state index >= 15 is 0 Å². The standard InChI is InChI=1S/C13H25N3O/c1-14-9-6-7-13(16-3)10(8-9)11(15-2)4-5-12(13)17/h9-11,14-16H,4-8H2,1-3H3. The van der Waals surface area contributed by atoms with E-state index in [1.807, 2.05) is 21.1 Å². The minimum absolute atomic E-state index is 0.265. The SMILES string of the molecule is CNC1CCC2(NC)C(=O)CCC(NC)C2C1. The largest absolute Gasteiger partial charge is 0.317 e. The highest BCUT2D eigenvalue weighted by molar-refractivity contribution is 5.90. The van der Waals surface area contributed by atoms with Gasteiger partial charge in [-0.25, -0.2) is 0 Å². The van der Waals surface area contributed by atoms with Crippen LogP contribution in [0.5, 0.6) is 0 Å². The second-order valence-corrected chi connectivity index (χ2v) is 5.44. The van der Waals surface area contributed by atoms with Crippen molar-refractivity contribution in [1.82, 2.24) is 16.0 Å². The third-order valence-corrected chi connectivity index (χ3v) is 4.95. The van der Waals surface area contributed by atoms with Crippen LogP contribution in [-0.2, 0) is 4.79 Å². The Bertz CT molecular complexity index is 294. The summed E-state index contributed by atoms with van der Waals surface area (Å²) in [5, 5.41) is 10.1. The van der Waals surface area contributed by atoms with Gasteiger partial charge in [0.2, 0.25) is 0 Å². The van der Waals surface area contributed by atoms with Crippen LogP contribution in [0.25, 0.3) is 0 Å². The maximum atomic E-state index is 12.3. The van der Waals surface area contributed by atoms with Gasteiger partial charge in [-0.05, 0) is 46.8 Å². The lowest BCUT2D eigenvalue weighted by molar-refractivity contribution is -0.133. The van der Waals surface area contributed by atoms with Crippen molar-refractivity contribution in [1.29, 1.82) is 0 Å². The first kappa shape index (κ1) is 13.0. The number of nitrogens with one attached hydrogen (secondary N) is 3. The Morgan fingerprint density at radius 1 is 1.18 bits per heavy atom. The van der Waals surface area contributed by atoms with Crippen LogP contribution >= 0.6 is 0 Å². The lowest BCUT2D eigenvalue weighted by Gasteiger charge is -2.51. The topological polar surface area (TPSA) is 53.2 Å². The summed E-state index contributed by atoms with van der Waals surface area (Å²) in [7, 11) is 5.99. The predicted octanol–water partition coefficient (Wildman–Crippen LogP) is 0.284. The van der Waals surface area contributed by atoms with Crippen molar-refractivity contribution < 1.29 is 4.79 Å². The maximum absolute atomic E-state index is 12.3. The second-order valence-electron chi connectivity index (χ2n) is 5.44. The average molecular weight is 239 g/mol. The van der Waals surface area contributed by atoms with Crippen LogP contribution in [0.4, 0.5) is 0 Å². The first-order chi connectivity index (χ1) is 8.17. The average Bonchev–Trinajstić information content (AvgIpc) is 2.38. The molecule has 0 heterocycles. The molecule has 4 unspecified atom stereocenters. The van der Waals surface area contributed by atoms with Gasteiger partial charge in [-0.15, -0.1) is 0 Å². The molecule has 0 aromatic heterocycles. The number of carbonyl (C=O) groups is 1. The van der Waals surface area contributed by atoms with E-state index in [2.05, 4.69) is 16.0 Å². The second kappa shape index (κ2) is 5.04. The Hall–Kier alpha value is -0.450. The number of carbonyl (C=O) groups excluding carboxylic acids is 1. The van der Waals surface area contributed by atoms with Gasteiger partial charge in [0, 0.05) is 24.4 Å². The Morgan fingerprint density at radius 2 is 1.94 bits per heavy atom. The predicted molar refractivity (Wildman–Crippen MR) is 69.1 cm³/mol. The number of ketones is 1. The van der Waals surface area contributed by atoms with E-state index in [0.717, 1.165) is 25.7 Å². The summed E-state index contributed by atoms with van der Waals surface area (Å²) < 4.78 is 0. The van der Waals surface area contributed by atoms with Gasteiger partial charge in [0.15, 0.2) is 5.78 Å². The molecule has 4 heteroatoms. The lowest BCUT2D eigenvalue weighted by Crippen LogP contribution is -2.67. The van der Waals surface area contributed by atoms with Gasteiger partial charge < -0.3 is 16.0 Å². The molecule has 17 heavy (non-hydrogen) atoms. The van der Waals surface area contributed by atoms with Crippen molar-refractivity contribution in [3.05, 3.63) is 0 Å². The first-order valence-electron chi connectivity index (χ1n) is 6.74. The molecule has 0 aromatic carbocycles. The van der Waals surface area contributed by atoms with Gasteiger partial charge in [0.25, 0.3) is 0 Å². The highest BCUT2D eigenvalue weighted by atomic mass is 16.1. The zero-order valence-corrected chi connectivity index (χ0v) is 11.2. The van der Waals surface area contributed by atoms with E-state index in [1.54, 1.807) is 0 Å². The minimum atomic E-state index is -0.265. The number of fused-ring (bicyclic) bond motifs is 1. The molecule has 2 aliphatic carbocycles. The molecule has 0 bridgehead atoms. The summed E-state index contributed by atoms with van der Waals surface area (Å²) in [6.45, 7) is 0. The number of hydrogen-bond donors (Lipinski definition) is 3. The molecule has 2 rings (SSSR count). The Morgan fingerprint density at radius 3 is 2.53 bits per heavy atom. The van der Waals surface area contributed by atoms with Crippen LogP contribution in [0.1, 0.15) is 32.1 Å². The highest BCUT2D eigenvalue weighted by Gasteiger charge is 2.52. The van der Waals surface area contributed by atoms with Gasteiger partial charge in [0.1, 0.15) is 0 Å². The van der Waals surface area contributed by atoms with Crippen molar-refractivity contribution in [3.63, 3.8) is 0 Å². The van der Waals surface area contributed by atoms with E-state index in [9.17, 15) is 4.79 Å². The molecule has 0 saturated heterocycles. The molecule has 0 amide bonds. The third kappa shape index (κ3) is 2.02. The van der Waals surface area contributed by atoms with E-state index in [1.165, 1.54) is 0 Å². The molecule has 0 aromatic rings. The fraction of sp³-hybridized carbons (Fsp3) is 0.923. The molecule has 2 saturated carbocycles. The van der Waals surface area contributed by atoms with Gasteiger partial charge in [-0.1, -0.05) is 0 Å². The Kier molecular flexibility index (Phi) is 3.85. The molecule has 2 fully saturated rings. The number of Topliss-reactive ketones (excluding diaryl/α,β-unsaturated/α-hetero) is 1. The molecule has 3 N–H and O–H groups in total. The molecule has 4 atom stereocenters. The molecule has 0 aliphatic heterocycles. The summed E-state index contributed by atoms with van der Waals surface area (Å²) in [6, 6.07) is 1.03. The molecule has 98 valence electrons. The summed E-state index contributed by atoms with van der Waals surface area (Å²) in [5.41, 5.74) is -0.265. The van der Waals surface area contributed by atoms with Crippen LogP contribution in [0.15, 0.2) is 0 Å². The van der Waals surface area contributed by atoms with Crippen LogP contribution in [0, 0.1) is 5.92 Å². The zero-order chi connectivity index (χ0) is 12.5. The molecule has 4 nitrogen and oxygen atoms in total. The van der Waals surface area contributed by atoms with Crippen molar-refractivity contribution in [3.8, 4) is 0 Å². The molecule has 2 aliphatic rings. The monoisotopic (exact) mass is 239 g/mol. The Balaban J connectivity index is 2.25. The van der Waals surface area contributed by atoms with Crippen LogP contribution in [0.3, 0.4) is 0 Å². The highest BCUT2D eigenvalue weighted by Crippen LogP contribution is 2.41. The van der Waals surface area contributed by atoms with Gasteiger partial charge >= 0.3 is 0 Å². The van der Waals surface area contributed by atoms with Crippen LogP contribution in [-0.4, -0.2) is 44.5 Å². The van der Waals surface area contributed by atoms with Crippen LogP contribution in [0.2, 0.25) is 0 Å². The smallest absolute Gasteiger partial charge is 0.153 e. The van der Waals surface area contributed by atoms with Gasteiger partial charge in [-0.2, -0.15) is 0 Å². The van der Waals surface area contributed by atoms with E-state index < -0.39 is 0 Å². The van der Waals surface area contributed by atoms with Crippen molar-refractivity contribution in [2.24, 2.45) is 5.92 Å². The number of likely N-dealkylation sites (N-methyl/N-ethyl adjacent to an activating group) is 1. The Labute approximate surface area is 104 Å². The van der Waals surface area contributed by atoms with Crippen molar-refractivity contribution >= 4 is 5.78 Å². The minimum Gasteiger partial charge on any atom is -0.317 e. The van der Waals surface area contributed by atoms with E-state index in [4.69, 9.17) is 0 Å². The quantitative estimate of drug-likeness (QED) is 0.662. The first-order valence-corrected chi connectivity index (χ1v) is 6.74. The molecule has 0 radical (unpaired) electrons. The number of hydrogen-bond acceptors (Lipinski definition) is 4. The van der Waals surface area contributed by atoms with Crippen molar-refractivity contribution in [2.75, 3.05) is 21.1 Å². The summed E-state index contributed by atoms with van der Waals surface area (Å²) in [5.74, 6) is 0.844. The third-order valence-electron chi connectivity index (χ3n) is 4.95.